The third-order valence-electron chi connectivity index (χ3n) is 4.08. The number of hydrogen-bond donors (Lipinski definition) is 2. The van der Waals surface area contributed by atoms with E-state index in [0.717, 1.165) is 0 Å². The number of anilines is 2. The van der Waals surface area contributed by atoms with Crippen LogP contribution in [0.25, 0.3) is 0 Å². The second kappa shape index (κ2) is 6.46. The van der Waals surface area contributed by atoms with Gasteiger partial charge in [0.25, 0.3) is 0 Å². The van der Waals surface area contributed by atoms with Crippen molar-refractivity contribution < 1.29 is 9.47 Å². The third kappa shape index (κ3) is 4.08. The molecule has 0 saturated heterocycles. The summed E-state index contributed by atoms with van der Waals surface area (Å²) in [6.07, 6.45) is 0. The Morgan fingerprint density at radius 1 is 0.667 bits per heavy atom. The molecule has 0 atom stereocenters. The van der Waals surface area contributed by atoms with Crippen LogP contribution in [0.4, 0.5) is 11.4 Å². The standard InChI is InChI=1S/2C10H13NO/c2*1-10(2)11-9-6-4-3-5-8(9)7-12-10/h2*3-6,11H,7H2,1-2H3. The molecular formula is C20H26N2O2. The maximum atomic E-state index is 5.58. The van der Waals surface area contributed by atoms with Crippen LogP contribution in [0, 0.1) is 0 Å². The lowest BCUT2D eigenvalue weighted by Gasteiger charge is -2.33. The molecule has 4 nitrogen and oxygen atoms in total. The average molecular weight is 326 g/mol. The molecule has 0 aliphatic carbocycles. The molecule has 4 rings (SSSR count). The quantitative estimate of drug-likeness (QED) is 0.734. The molecule has 0 saturated carbocycles. The first-order chi connectivity index (χ1) is 11.3. The Hall–Kier alpha value is -2.04. The zero-order chi connectivity index (χ0) is 17.2. The highest BCUT2D eigenvalue weighted by molar-refractivity contribution is 5.54. The van der Waals surface area contributed by atoms with Crippen LogP contribution in [-0.4, -0.2) is 11.4 Å². The molecule has 0 fully saturated rings. The highest BCUT2D eigenvalue weighted by Crippen LogP contribution is 2.28. The van der Waals surface area contributed by atoms with Crippen LogP contribution in [0.15, 0.2) is 48.5 Å². The fourth-order valence-electron chi connectivity index (χ4n) is 2.77. The highest BCUT2D eigenvalue weighted by Gasteiger charge is 2.24. The lowest BCUT2D eigenvalue weighted by Crippen LogP contribution is -2.37. The zero-order valence-corrected chi connectivity index (χ0v) is 14.8. The van der Waals surface area contributed by atoms with Gasteiger partial charge in [0.15, 0.2) is 0 Å². The van der Waals surface area contributed by atoms with E-state index in [1.54, 1.807) is 0 Å². The summed E-state index contributed by atoms with van der Waals surface area (Å²) in [5, 5.41) is 6.63. The number of fused-ring (bicyclic) bond motifs is 2. The molecule has 2 aromatic rings. The number of hydrogen-bond acceptors (Lipinski definition) is 4. The topological polar surface area (TPSA) is 42.5 Å². The summed E-state index contributed by atoms with van der Waals surface area (Å²) in [7, 11) is 0. The Balaban J connectivity index is 0.000000141. The monoisotopic (exact) mass is 326 g/mol. The predicted octanol–water partition coefficient (Wildman–Crippen LogP) is 4.73. The van der Waals surface area contributed by atoms with Crippen molar-refractivity contribution in [1.82, 2.24) is 0 Å². The van der Waals surface area contributed by atoms with Gasteiger partial charge in [0.2, 0.25) is 0 Å². The minimum atomic E-state index is -0.228. The first-order valence-electron chi connectivity index (χ1n) is 8.35. The molecular weight excluding hydrogens is 300 g/mol. The van der Waals surface area contributed by atoms with Gasteiger partial charge in [-0.1, -0.05) is 36.4 Å². The van der Waals surface area contributed by atoms with Gasteiger partial charge in [-0.2, -0.15) is 0 Å². The van der Waals surface area contributed by atoms with E-state index in [2.05, 4.69) is 34.9 Å². The molecule has 0 unspecified atom stereocenters. The van der Waals surface area contributed by atoms with Crippen molar-refractivity contribution in [3.63, 3.8) is 0 Å². The van der Waals surface area contributed by atoms with Crippen molar-refractivity contribution in [2.24, 2.45) is 0 Å². The van der Waals surface area contributed by atoms with Crippen LogP contribution in [0.2, 0.25) is 0 Å². The molecule has 0 amide bonds. The van der Waals surface area contributed by atoms with Gasteiger partial charge >= 0.3 is 0 Å². The second-order valence-electron chi connectivity index (χ2n) is 7.16. The van der Waals surface area contributed by atoms with Gasteiger partial charge in [0.1, 0.15) is 11.4 Å². The van der Waals surface area contributed by atoms with Crippen molar-refractivity contribution in [1.29, 1.82) is 0 Å². The van der Waals surface area contributed by atoms with E-state index < -0.39 is 0 Å². The number of para-hydroxylation sites is 2. The van der Waals surface area contributed by atoms with Gasteiger partial charge in [-0.05, 0) is 39.8 Å². The molecule has 0 radical (unpaired) electrons. The Morgan fingerprint density at radius 2 is 1.04 bits per heavy atom. The van der Waals surface area contributed by atoms with Gasteiger partial charge in [0, 0.05) is 22.5 Å². The Labute approximate surface area is 144 Å². The van der Waals surface area contributed by atoms with Gasteiger partial charge < -0.3 is 20.1 Å². The van der Waals surface area contributed by atoms with E-state index in [9.17, 15) is 0 Å². The Morgan fingerprint density at radius 3 is 1.46 bits per heavy atom. The highest BCUT2D eigenvalue weighted by atomic mass is 16.5. The number of benzene rings is 2. The van der Waals surface area contributed by atoms with Gasteiger partial charge in [0.05, 0.1) is 13.2 Å². The van der Waals surface area contributed by atoms with Crippen LogP contribution in [-0.2, 0) is 22.7 Å². The number of ether oxygens (including phenoxy) is 2. The lowest BCUT2D eigenvalue weighted by atomic mass is 10.1. The largest absolute Gasteiger partial charge is 0.358 e. The summed E-state index contributed by atoms with van der Waals surface area (Å²) in [5.74, 6) is 0. The van der Waals surface area contributed by atoms with Gasteiger partial charge in [-0.15, -0.1) is 0 Å². The molecule has 2 N–H and O–H groups in total. The predicted molar refractivity (Wildman–Crippen MR) is 97.9 cm³/mol. The summed E-state index contributed by atoms with van der Waals surface area (Å²) >= 11 is 0. The minimum absolute atomic E-state index is 0.228. The Kier molecular flexibility index (Phi) is 4.52. The molecule has 128 valence electrons. The van der Waals surface area contributed by atoms with E-state index in [1.165, 1.54) is 22.5 Å². The maximum absolute atomic E-state index is 5.58. The summed E-state index contributed by atoms with van der Waals surface area (Å²) in [6, 6.07) is 16.5. The summed E-state index contributed by atoms with van der Waals surface area (Å²) in [6.45, 7) is 9.53. The Bertz CT molecular complexity index is 649. The molecule has 24 heavy (non-hydrogen) atoms. The number of rotatable bonds is 0. The van der Waals surface area contributed by atoms with E-state index in [-0.39, 0.29) is 11.4 Å². The molecule has 2 aromatic carbocycles. The zero-order valence-electron chi connectivity index (χ0n) is 14.8. The molecule has 4 heteroatoms. The van der Waals surface area contributed by atoms with E-state index in [1.807, 2.05) is 52.0 Å². The van der Waals surface area contributed by atoms with E-state index in [4.69, 9.17) is 9.47 Å². The SMILES string of the molecule is CC1(C)Nc2ccccc2CO1.CC1(C)Nc2ccccc2CO1. The van der Waals surface area contributed by atoms with Crippen molar-refractivity contribution in [3.05, 3.63) is 59.7 Å². The van der Waals surface area contributed by atoms with Crippen molar-refractivity contribution in [3.8, 4) is 0 Å². The van der Waals surface area contributed by atoms with Crippen LogP contribution in [0.1, 0.15) is 38.8 Å². The molecule has 0 aromatic heterocycles. The van der Waals surface area contributed by atoms with Crippen LogP contribution < -0.4 is 10.6 Å². The molecule has 2 heterocycles. The summed E-state index contributed by atoms with van der Waals surface area (Å²) in [5.41, 5.74) is 4.39. The van der Waals surface area contributed by atoms with Crippen LogP contribution >= 0.6 is 0 Å². The van der Waals surface area contributed by atoms with Crippen LogP contribution in [0.5, 0.6) is 0 Å². The van der Waals surface area contributed by atoms with E-state index >= 15 is 0 Å². The minimum Gasteiger partial charge on any atom is -0.358 e. The van der Waals surface area contributed by atoms with Crippen molar-refractivity contribution in [2.45, 2.75) is 52.4 Å². The third-order valence-corrected chi connectivity index (χ3v) is 4.08. The fraction of sp³-hybridized carbons (Fsp3) is 0.400. The van der Waals surface area contributed by atoms with Crippen LogP contribution in [0.3, 0.4) is 0 Å². The smallest absolute Gasteiger partial charge is 0.133 e. The molecule has 2 aliphatic heterocycles. The average Bonchev–Trinajstić information content (AvgIpc) is 2.53. The maximum Gasteiger partial charge on any atom is 0.133 e. The van der Waals surface area contributed by atoms with Gasteiger partial charge in [-0.25, -0.2) is 0 Å². The van der Waals surface area contributed by atoms with Crippen molar-refractivity contribution >= 4 is 11.4 Å². The fourth-order valence-corrected chi connectivity index (χ4v) is 2.77. The first-order valence-corrected chi connectivity index (χ1v) is 8.35. The summed E-state index contributed by atoms with van der Waals surface area (Å²) < 4.78 is 11.2. The second-order valence-corrected chi connectivity index (χ2v) is 7.16. The van der Waals surface area contributed by atoms with Crippen molar-refractivity contribution in [2.75, 3.05) is 10.6 Å². The summed E-state index contributed by atoms with van der Waals surface area (Å²) in [4.78, 5) is 0. The first kappa shape index (κ1) is 16.8. The lowest BCUT2D eigenvalue weighted by molar-refractivity contribution is -0.0156. The normalized spacial score (nSPS) is 19.5. The van der Waals surface area contributed by atoms with E-state index in [0.29, 0.717) is 13.2 Å². The number of nitrogens with one attached hydrogen (secondary N) is 2. The van der Waals surface area contributed by atoms with Gasteiger partial charge in [-0.3, -0.25) is 0 Å². The molecule has 0 bridgehead atoms. The molecule has 0 spiro atoms. The molecule has 2 aliphatic rings.